The van der Waals surface area contributed by atoms with Crippen molar-refractivity contribution in [2.24, 2.45) is 10.9 Å². The summed E-state index contributed by atoms with van der Waals surface area (Å²) < 4.78 is 11.3. The van der Waals surface area contributed by atoms with Crippen LogP contribution in [0.5, 0.6) is 11.5 Å². The molecule has 0 bridgehead atoms. The second kappa shape index (κ2) is 10.9. The van der Waals surface area contributed by atoms with Gasteiger partial charge in [-0.3, -0.25) is 0 Å². The Labute approximate surface area is 179 Å². The highest BCUT2D eigenvalue weighted by atomic mass is 16.5. The van der Waals surface area contributed by atoms with Gasteiger partial charge in [0.15, 0.2) is 17.5 Å². The lowest BCUT2D eigenvalue weighted by Gasteiger charge is -2.32. The van der Waals surface area contributed by atoms with Gasteiger partial charge in [0.25, 0.3) is 0 Å². The zero-order chi connectivity index (χ0) is 21.3. The molecule has 2 aromatic carbocycles. The topological polar surface area (TPSA) is 75.1 Å². The molecule has 6 nitrogen and oxygen atoms in total. The van der Waals surface area contributed by atoms with Crippen molar-refractivity contribution in [3.8, 4) is 11.5 Å². The normalized spacial score (nSPS) is 19.4. The molecule has 1 heterocycles. The number of hydrogen-bond acceptors (Lipinski definition) is 4. The lowest BCUT2D eigenvalue weighted by atomic mass is 9.89. The summed E-state index contributed by atoms with van der Waals surface area (Å²) in [5.74, 6) is 1.70. The zero-order valence-electron chi connectivity index (χ0n) is 18.1. The number of aliphatic imine (C=N–C) groups is 1. The molecule has 1 saturated heterocycles. The van der Waals surface area contributed by atoms with Gasteiger partial charge in [-0.15, -0.1) is 0 Å². The molecule has 0 spiro atoms. The molecular formula is C24H33N3O3. The minimum atomic E-state index is 0.0946. The molecule has 3 N–H and O–H groups in total. The van der Waals surface area contributed by atoms with Crippen molar-refractivity contribution in [3.63, 3.8) is 0 Å². The molecule has 0 radical (unpaired) electrons. The number of aromatic hydroxyl groups is 1. The zero-order valence-corrected chi connectivity index (χ0v) is 18.1. The van der Waals surface area contributed by atoms with Crippen LogP contribution in [0.3, 0.4) is 0 Å². The Balaban J connectivity index is 1.66. The molecule has 6 heteroatoms. The molecule has 0 saturated carbocycles. The van der Waals surface area contributed by atoms with Gasteiger partial charge in [-0.2, -0.15) is 0 Å². The second-order valence-electron chi connectivity index (χ2n) is 7.65. The number of para-hydroxylation sites is 1. The van der Waals surface area contributed by atoms with E-state index < -0.39 is 0 Å². The number of hydrogen-bond donors (Lipinski definition) is 3. The Kier molecular flexibility index (Phi) is 7.97. The third kappa shape index (κ3) is 5.66. The Morgan fingerprint density at radius 2 is 2.00 bits per heavy atom. The van der Waals surface area contributed by atoms with E-state index >= 15 is 0 Å². The van der Waals surface area contributed by atoms with Crippen molar-refractivity contribution >= 4 is 5.96 Å². The van der Waals surface area contributed by atoms with Gasteiger partial charge < -0.3 is 25.2 Å². The van der Waals surface area contributed by atoms with Crippen molar-refractivity contribution in [2.75, 3.05) is 26.8 Å². The number of phenols is 1. The number of ether oxygens (including phenoxy) is 2. The monoisotopic (exact) mass is 411 g/mol. The van der Waals surface area contributed by atoms with Gasteiger partial charge in [0, 0.05) is 31.2 Å². The summed E-state index contributed by atoms with van der Waals surface area (Å²) in [7, 11) is 1.55. The maximum Gasteiger partial charge on any atom is 0.191 e. The minimum Gasteiger partial charge on any atom is -0.504 e. The van der Waals surface area contributed by atoms with Crippen LogP contribution in [-0.4, -0.2) is 37.9 Å². The lowest BCUT2D eigenvalue weighted by molar-refractivity contribution is -0.0265. The smallest absolute Gasteiger partial charge is 0.191 e. The number of phenolic OH excluding ortho intramolecular Hbond substituents is 1. The number of nitrogens with one attached hydrogen (secondary N) is 2. The Morgan fingerprint density at radius 1 is 1.20 bits per heavy atom. The molecular weight excluding hydrogens is 378 g/mol. The predicted molar refractivity (Wildman–Crippen MR) is 120 cm³/mol. The standard InChI is InChI=1S/C24H33N3O3/c1-4-25-24(26-15-19-7-5-9-21(29-3)22(19)28)27-16-20-8-6-14-30-23(20)18-12-10-17(2)11-13-18/h5,7,9-13,20,23,28H,4,6,8,14-16H2,1-3H3,(H2,25,26,27). The van der Waals surface area contributed by atoms with Crippen LogP contribution in [0.25, 0.3) is 0 Å². The van der Waals surface area contributed by atoms with E-state index in [1.807, 2.05) is 19.1 Å². The van der Waals surface area contributed by atoms with Gasteiger partial charge in [0.05, 0.1) is 19.8 Å². The first-order chi connectivity index (χ1) is 14.6. The summed E-state index contributed by atoms with van der Waals surface area (Å²) in [5, 5.41) is 17.0. The van der Waals surface area contributed by atoms with E-state index in [2.05, 4.69) is 46.8 Å². The molecule has 162 valence electrons. The summed E-state index contributed by atoms with van der Waals surface area (Å²) in [5.41, 5.74) is 3.21. The fourth-order valence-corrected chi connectivity index (χ4v) is 3.77. The molecule has 3 rings (SSSR count). The van der Waals surface area contributed by atoms with Gasteiger partial charge in [0.1, 0.15) is 0 Å². The molecule has 0 aromatic heterocycles. The van der Waals surface area contributed by atoms with Gasteiger partial charge in [0.2, 0.25) is 0 Å². The van der Waals surface area contributed by atoms with Gasteiger partial charge in [-0.05, 0) is 38.3 Å². The number of guanidine groups is 1. The first kappa shape index (κ1) is 22.0. The molecule has 1 aliphatic heterocycles. The number of methoxy groups -OCH3 is 1. The minimum absolute atomic E-state index is 0.0946. The summed E-state index contributed by atoms with van der Waals surface area (Å²) in [6, 6.07) is 14.1. The largest absolute Gasteiger partial charge is 0.504 e. The number of benzene rings is 2. The molecule has 0 amide bonds. The van der Waals surface area contributed by atoms with Crippen molar-refractivity contribution < 1.29 is 14.6 Å². The van der Waals surface area contributed by atoms with Crippen LogP contribution in [0.2, 0.25) is 0 Å². The SMILES string of the molecule is CCNC(=NCc1cccc(OC)c1O)NCC1CCCOC1c1ccc(C)cc1. The van der Waals surface area contributed by atoms with E-state index in [4.69, 9.17) is 9.47 Å². The van der Waals surface area contributed by atoms with Crippen molar-refractivity contribution in [2.45, 2.75) is 39.3 Å². The third-order valence-electron chi connectivity index (χ3n) is 5.44. The maximum atomic E-state index is 10.3. The highest BCUT2D eigenvalue weighted by molar-refractivity contribution is 5.79. The average molecular weight is 412 g/mol. The highest BCUT2D eigenvalue weighted by Crippen LogP contribution is 2.33. The summed E-state index contributed by atoms with van der Waals surface area (Å²) in [6.07, 6.45) is 2.28. The molecule has 1 fully saturated rings. The van der Waals surface area contributed by atoms with Gasteiger partial charge in [-0.1, -0.05) is 42.0 Å². The van der Waals surface area contributed by atoms with E-state index in [1.165, 1.54) is 11.1 Å². The average Bonchev–Trinajstić information content (AvgIpc) is 2.77. The Morgan fingerprint density at radius 3 is 2.73 bits per heavy atom. The molecule has 30 heavy (non-hydrogen) atoms. The van der Waals surface area contributed by atoms with Gasteiger partial charge >= 0.3 is 0 Å². The van der Waals surface area contributed by atoms with Crippen LogP contribution in [0.4, 0.5) is 0 Å². The summed E-state index contributed by atoms with van der Waals surface area (Å²) >= 11 is 0. The molecule has 2 aromatic rings. The van der Waals surface area contributed by atoms with E-state index in [1.54, 1.807) is 13.2 Å². The number of rotatable bonds is 7. The number of aryl methyl sites for hydroxylation is 1. The second-order valence-corrected chi connectivity index (χ2v) is 7.65. The third-order valence-corrected chi connectivity index (χ3v) is 5.44. The molecule has 2 unspecified atom stereocenters. The fraction of sp³-hybridized carbons (Fsp3) is 0.458. The van der Waals surface area contributed by atoms with Crippen LogP contribution in [0.1, 0.15) is 42.6 Å². The van der Waals surface area contributed by atoms with Gasteiger partial charge in [-0.25, -0.2) is 4.99 Å². The quantitative estimate of drug-likeness (QED) is 0.475. The first-order valence-electron chi connectivity index (χ1n) is 10.7. The van der Waals surface area contributed by atoms with E-state index in [9.17, 15) is 5.11 Å². The van der Waals surface area contributed by atoms with Crippen molar-refractivity contribution in [3.05, 3.63) is 59.2 Å². The van der Waals surface area contributed by atoms with Crippen LogP contribution in [0.15, 0.2) is 47.5 Å². The Bertz CT molecular complexity index is 836. The molecule has 1 aliphatic rings. The first-order valence-corrected chi connectivity index (χ1v) is 10.7. The van der Waals surface area contributed by atoms with Crippen molar-refractivity contribution in [1.29, 1.82) is 0 Å². The summed E-state index contributed by atoms with van der Waals surface area (Å²) in [6.45, 7) is 6.84. The fourth-order valence-electron chi connectivity index (χ4n) is 3.77. The van der Waals surface area contributed by atoms with Crippen LogP contribution >= 0.6 is 0 Å². The summed E-state index contributed by atoms with van der Waals surface area (Å²) in [4.78, 5) is 4.65. The van der Waals surface area contributed by atoms with Crippen molar-refractivity contribution in [1.82, 2.24) is 10.6 Å². The predicted octanol–water partition coefficient (Wildman–Crippen LogP) is 3.93. The molecule has 2 atom stereocenters. The Hall–Kier alpha value is -2.73. The van der Waals surface area contributed by atoms with E-state index in [0.29, 0.717) is 18.2 Å². The highest BCUT2D eigenvalue weighted by Gasteiger charge is 2.27. The van der Waals surface area contributed by atoms with E-state index in [0.717, 1.165) is 44.1 Å². The lowest BCUT2D eigenvalue weighted by Crippen LogP contribution is -2.42. The van der Waals surface area contributed by atoms with Crippen LogP contribution in [0, 0.1) is 12.8 Å². The van der Waals surface area contributed by atoms with E-state index in [-0.39, 0.29) is 11.9 Å². The van der Waals surface area contributed by atoms with Crippen LogP contribution < -0.4 is 15.4 Å². The molecule has 0 aliphatic carbocycles. The maximum absolute atomic E-state index is 10.3. The number of nitrogens with zero attached hydrogens (tertiary/aromatic N) is 1. The van der Waals surface area contributed by atoms with Crippen LogP contribution in [-0.2, 0) is 11.3 Å².